The predicted molar refractivity (Wildman–Crippen MR) is 90.2 cm³/mol. The third-order valence-corrected chi connectivity index (χ3v) is 4.07. The van der Waals surface area contributed by atoms with Gasteiger partial charge >= 0.3 is 0 Å². The molecule has 1 aliphatic heterocycles. The van der Waals surface area contributed by atoms with Gasteiger partial charge in [0.15, 0.2) is 0 Å². The van der Waals surface area contributed by atoms with E-state index < -0.39 is 0 Å². The van der Waals surface area contributed by atoms with Crippen LogP contribution in [0.25, 0.3) is 0 Å². The zero-order chi connectivity index (χ0) is 16.2. The summed E-state index contributed by atoms with van der Waals surface area (Å²) in [4.78, 5) is 16.1. The second-order valence-electron chi connectivity index (χ2n) is 5.13. The summed E-state index contributed by atoms with van der Waals surface area (Å²) >= 11 is 12.0. The molecule has 2 heterocycles. The van der Waals surface area contributed by atoms with Crippen molar-refractivity contribution in [2.45, 2.75) is 6.10 Å². The van der Waals surface area contributed by atoms with Gasteiger partial charge in [0.05, 0.1) is 29.0 Å². The molecule has 5 nitrogen and oxygen atoms in total. The number of nitrogens with zero attached hydrogens (tertiary/aromatic N) is 1. The predicted octanol–water partition coefficient (Wildman–Crippen LogP) is 3.30. The molecule has 1 atom stereocenters. The van der Waals surface area contributed by atoms with Crippen LogP contribution < -0.4 is 10.6 Å². The van der Waals surface area contributed by atoms with Crippen LogP contribution in [0.15, 0.2) is 36.5 Å². The van der Waals surface area contributed by atoms with E-state index in [0.717, 1.165) is 18.7 Å². The summed E-state index contributed by atoms with van der Waals surface area (Å²) < 4.78 is 5.69. The Balaban J connectivity index is 1.73. The second kappa shape index (κ2) is 7.27. The van der Waals surface area contributed by atoms with Gasteiger partial charge in [-0.05, 0) is 29.8 Å². The number of anilines is 1. The fourth-order valence-electron chi connectivity index (χ4n) is 2.32. The van der Waals surface area contributed by atoms with Gasteiger partial charge in [0.25, 0.3) is 5.91 Å². The van der Waals surface area contributed by atoms with Crippen molar-refractivity contribution in [1.82, 2.24) is 10.3 Å². The number of carbonyl (C=O) groups is 1. The molecule has 0 saturated carbocycles. The number of hydrogen-bond donors (Lipinski definition) is 2. The lowest BCUT2D eigenvalue weighted by Crippen LogP contribution is -2.33. The molecule has 23 heavy (non-hydrogen) atoms. The van der Waals surface area contributed by atoms with Gasteiger partial charge in [0, 0.05) is 19.3 Å². The first-order valence-electron chi connectivity index (χ1n) is 7.18. The SMILES string of the molecule is O=C(Nc1ccc([C@@H]2CNCCO2)cc1Cl)c1ccc(Cl)nc1. The van der Waals surface area contributed by atoms with Gasteiger partial charge in [-0.1, -0.05) is 29.3 Å². The van der Waals surface area contributed by atoms with E-state index in [-0.39, 0.29) is 12.0 Å². The summed E-state index contributed by atoms with van der Waals surface area (Å²) in [6, 6.07) is 8.66. The maximum absolute atomic E-state index is 12.2. The van der Waals surface area contributed by atoms with Crippen molar-refractivity contribution in [3.63, 3.8) is 0 Å². The lowest BCUT2D eigenvalue weighted by Gasteiger charge is -2.24. The molecule has 3 rings (SSSR count). The van der Waals surface area contributed by atoms with Gasteiger partial charge in [-0.2, -0.15) is 0 Å². The van der Waals surface area contributed by atoms with Crippen molar-refractivity contribution in [3.05, 3.63) is 57.8 Å². The van der Waals surface area contributed by atoms with Gasteiger partial charge in [0.2, 0.25) is 0 Å². The number of morpholine rings is 1. The summed E-state index contributed by atoms with van der Waals surface area (Å²) in [5, 5.41) is 6.84. The number of nitrogens with one attached hydrogen (secondary N) is 2. The average Bonchev–Trinajstić information content (AvgIpc) is 2.58. The average molecular weight is 352 g/mol. The Hall–Kier alpha value is -1.66. The highest BCUT2D eigenvalue weighted by molar-refractivity contribution is 6.34. The van der Waals surface area contributed by atoms with Crippen molar-refractivity contribution in [2.24, 2.45) is 0 Å². The van der Waals surface area contributed by atoms with E-state index in [4.69, 9.17) is 27.9 Å². The fraction of sp³-hybridized carbons (Fsp3) is 0.250. The van der Waals surface area contributed by atoms with Crippen LogP contribution in [-0.4, -0.2) is 30.6 Å². The quantitative estimate of drug-likeness (QED) is 0.832. The van der Waals surface area contributed by atoms with E-state index in [9.17, 15) is 4.79 Å². The number of aromatic nitrogens is 1. The van der Waals surface area contributed by atoms with Crippen LogP contribution >= 0.6 is 23.2 Å². The van der Waals surface area contributed by atoms with Crippen molar-refractivity contribution in [3.8, 4) is 0 Å². The van der Waals surface area contributed by atoms with Gasteiger partial charge in [-0.25, -0.2) is 4.98 Å². The zero-order valence-electron chi connectivity index (χ0n) is 12.2. The molecule has 0 spiro atoms. The number of hydrogen-bond acceptors (Lipinski definition) is 4. The number of amides is 1. The third-order valence-electron chi connectivity index (χ3n) is 3.53. The molecule has 1 aromatic carbocycles. The van der Waals surface area contributed by atoms with E-state index in [1.54, 1.807) is 18.2 Å². The minimum Gasteiger partial charge on any atom is -0.371 e. The number of benzene rings is 1. The van der Waals surface area contributed by atoms with E-state index in [2.05, 4.69) is 15.6 Å². The normalized spacial score (nSPS) is 17.7. The van der Waals surface area contributed by atoms with Crippen molar-refractivity contribution >= 4 is 34.8 Å². The standard InChI is InChI=1S/C16H15Cl2N3O2/c17-12-7-10(14-9-19-5-6-23-14)1-3-13(12)21-16(22)11-2-4-15(18)20-8-11/h1-4,7-8,14,19H,5-6,9H2,(H,21,22)/t14-/m0/s1. The summed E-state index contributed by atoms with van der Waals surface area (Å²) in [7, 11) is 0. The highest BCUT2D eigenvalue weighted by Crippen LogP contribution is 2.28. The molecule has 0 bridgehead atoms. The van der Waals surface area contributed by atoms with E-state index in [1.807, 2.05) is 12.1 Å². The first-order chi connectivity index (χ1) is 11.1. The minimum atomic E-state index is -0.292. The van der Waals surface area contributed by atoms with Crippen molar-refractivity contribution < 1.29 is 9.53 Å². The lowest BCUT2D eigenvalue weighted by molar-refractivity contribution is 0.0277. The molecule has 1 fully saturated rings. The van der Waals surface area contributed by atoms with Crippen LogP contribution in [0.3, 0.4) is 0 Å². The fourth-order valence-corrected chi connectivity index (χ4v) is 2.67. The Morgan fingerprint density at radius 3 is 2.83 bits per heavy atom. The van der Waals surface area contributed by atoms with Crippen LogP contribution in [0.1, 0.15) is 22.0 Å². The highest BCUT2D eigenvalue weighted by Gasteiger charge is 2.17. The summed E-state index contributed by atoms with van der Waals surface area (Å²) in [6.07, 6.45) is 1.40. The Kier molecular flexibility index (Phi) is 5.13. The molecule has 0 aliphatic carbocycles. The van der Waals surface area contributed by atoms with E-state index >= 15 is 0 Å². The molecule has 2 aromatic rings. The van der Waals surface area contributed by atoms with Crippen molar-refractivity contribution in [2.75, 3.05) is 25.0 Å². The lowest BCUT2D eigenvalue weighted by atomic mass is 10.1. The van der Waals surface area contributed by atoms with Crippen LogP contribution in [0.4, 0.5) is 5.69 Å². The molecule has 1 aromatic heterocycles. The third kappa shape index (κ3) is 4.00. The van der Waals surface area contributed by atoms with Gasteiger partial charge in [-0.3, -0.25) is 4.79 Å². The van der Waals surface area contributed by atoms with Crippen LogP contribution in [0.2, 0.25) is 10.2 Å². The molecule has 0 unspecified atom stereocenters. The number of pyridine rings is 1. The summed E-state index contributed by atoms with van der Waals surface area (Å²) in [6.45, 7) is 2.27. The Labute approximate surface area is 144 Å². The van der Waals surface area contributed by atoms with Gasteiger partial charge in [-0.15, -0.1) is 0 Å². The molecule has 7 heteroatoms. The number of carbonyl (C=O) groups excluding carboxylic acids is 1. The van der Waals surface area contributed by atoms with Gasteiger partial charge < -0.3 is 15.4 Å². The number of rotatable bonds is 3. The smallest absolute Gasteiger partial charge is 0.257 e. The Bertz CT molecular complexity index is 701. The van der Waals surface area contributed by atoms with E-state index in [1.165, 1.54) is 6.20 Å². The molecule has 1 aliphatic rings. The first kappa shape index (κ1) is 16.2. The molecule has 1 amide bonds. The molecule has 2 N–H and O–H groups in total. The molecule has 0 radical (unpaired) electrons. The van der Waals surface area contributed by atoms with Gasteiger partial charge in [0.1, 0.15) is 5.15 Å². The largest absolute Gasteiger partial charge is 0.371 e. The Morgan fingerprint density at radius 1 is 1.30 bits per heavy atom. The molecular formula is C16H15Cl2N3O2. The molecule has 120 valence electrons. The second-order valence-corrected chi connectivity index (χ2v) is 5.92. The molecular weight excluding hydrogens is 337 g/mol. The highest BCUT2D eigenvalue weighted by atomic mass is 35.5. The van der Waals surface area contributed by atoms with Crippen molar-refractivity contribution in [1.29, 1.82) is 0 Å². The minimum absolute atomic E-state index is 0.0218. The van der Waals surface area contributed by atoms with Crippen LogP contribution in [0.5, 0.6) is 0 Å². The monoisotopic (exact) mass is 351 g/mol. The topological polar surface area (TPSA) is 63.2 Å². The molecule has 1 saturated heterocycles. The van der Waals surface area contributed by atoms with Crippen LogP contribution in [-0.2, 0) is 4.74 Å². The maximum Gasteiger partial charge on any atom is 0.257 e. The summed E-state index contributed by atoms with van der Waals surface area (Å²) in [5.74, 6) is -0.292. The van der Waals surface area contributed by atoms with Crippen LogP contribution in [0, 0.1) is 0 Å². The zero-order valence-corrected chi connectivity index (χ0v) is 13.7. The van der Waals surface area contributed by atoms with E-state index in [0.29, 0.717) is 28.0 Å². The Morgan fingerprint density at radius 2 is 2.17 bits per heavy atom. The first-order valence-corrected chi connectivity index (χ1v) is 7.94. The summed E-state index contributed by atoms with van der Waals surface area (Å²) in [5.41, 5.74) is 1.93. The number of ether oxygens (including phenoxy) is 1. The maximum atomic E-state index is 12.2. The number of halogens is 2.